The number of nitrogens with one attached hydrogen (secondary N) is 1. The smallest absolute Gasteiger partial charge is 0.325 e. The lowest BCUT2D eigenvalue weighted by molar-refractivity contribution is -0.142. The Bertz CT molecular complexity index is 1580. The maximum Gasteiger partial charge on any atom is 0.325 e. The molecule has 4 amide bonds. The molecule has 3 aromatic rings. The first-order chi connectivity index (χ1) is 20.6. The molecule has 1 aliphatic heterocycles. The van der Waals surface area contributed by atoms with Crippen LogP contribution >= 0.6 is 0 Å². The van der Waals surface area contributed by atoms with Crippen molar-refractivity contribution in [3.63, 3.8) is 0 Å². The fourth-order valence-corrected chi connectivity index (χ4v) is 6.89. The third kappa shape index (κ3) is 5.51. The molecule has 1 saturated heterocycles. The van der Waals surface area contributed by atoms with Gasteiger partial charge in [-0.2, -0.15) is 5.10 Å². The number of aliphatic carboxylic acids is 1. The first kappa shape index (κ1) is 28.6. The Hall–Kier alpha value is -4.54. The SMILES string of the molecule is Cn1cc(-c2ccc3c(c2)CC[C@]32NC(=O)N(CC(=O)N(Cc3ccc(F)cc3)C3CCC(CC(=O)O)CC3)C2=O)cn1. The van der Waals surface area contributed by atoms with Crippen LogP contribution in [0.5, 0.6) is 0 Å². The second-order valence-corrected chi connectivity index (χ2v) is 11.9. The zero-order chi connectivity index (χ0) is 30.3. The van der Waals surface area contributed by atoms with E-state index < -0.39 is 30.0 Å². The van der Waals surface area contributed by atoms with E-state index in [0.717, 1.165) is 32.7 Å². The summed E-state index contributed by atoms with van der Waals surface area (Å²) in [6.45, 7) is -0.214. The summed E-state index contributed by atoms with van der Waals surface area (Å²) in [5.74, 6) is -1.99. The molecule has 6 rings (SSSR count). The summed E-state index contributed by atoms with van der Waals surface area (Å²) in [4.78, 5) is 54.9. The van der Waals surface area contributed by atoms with Crippen LogP contribution in [-0.4, -0.2) is 61.1 Å². The van der Waals surface area contributed by atoms with E-state index in [2.05, 4.69) is 10.4 Å². The normalized spacial score (nSPS) is 23.0. The van der Waals surface area contributed by atoms with Gasteiger partial charge in [-0.15, -0.1) is 0 Å². The van der Waals surface area contributed by atoms with E-state index in [1.54, 1.807) is 27.9 Å². The molecule has 1 atom stereocenters. The number of urea groups is 1. The van der Waals surface area contributed by atoms with Gasteiger partial charge in [-0.1, -0.05) is 30.3 Å². The maximum atomic E-state index is 13.9. The minimum absolute atomic E-state index is 0.0448. The first-order valence-electron chi connectivity index (χ1n) is 14.6. The van der Waals surface area contributed by atoms with Gasteiger partial charge in [0.25, 0.3) is 5.91 Å². The number of amides is 4. The van der Waals surface area contributed by atoms with Crippen molar-refractivity contribution in [1.82, 2.24) is 24.9 Å². The number of imide groups is 1. The number of aromatic nitrogens is 2. The minimum atomic E-state index is -1.21. The molecule has 3 aliphatic rings. The monoisotopic (exact) mass is 587 g/mol. The minimum Gasteiger partial charge on any atom is -0.481 e. The van der Waals surface area contributed by atoms with E-state index in [1.165, 1.54) is 12.1 Å². The number of aryl methyl sites for hydroxylation is 2. The van der Waals surface area contributed by atoms with Crippen LogP contribution in [0.15, 0.2) is 54.9 Å². The summed E-state index contributed by atoms with van der Waals surface area (Å²) in [6.07, 6.45) is 7.34. The van der Waals surface area contributed by atoms with Gasteiger partial charge in [-0.25, -0.2) is 9.18 Å². The molecule has 10 nitrogen and oxygen atoms in total. The molecule has 2 heterocycles. The predicted molar refractivity (Wildman–Crippen MR) is 154 cm³/mol. The average Bonchev–Trinajstić information content (AvgIpc) is 3.65. The van der Waals surface area contributed by atoms with Gasteiger partial charge in [-0.05, 0) is 78.8 Å². The van der Waals surface area contributed by atoms with Gasteiger partial charge in [0.2, 0.25) is 5.91 Å². The molecule has 224 valence electrons. The third-order valence-corrected chi connectivity index (χ3v) is 9.15. The molecule has 2 aliphatic carbocycles. The van der Waals surface area contributed by atoms with Gasteiger partial charge < -0.3 is 15.3 Å². The summed E-state index contributed by atoms with van der Waals surface area (Å²) in [6, 6.07) is 10.9. The number of benzene rings is 2. The van der Waals surface area contributed by atoms with Crippen molar-refractivity contribution < 1.29 is 28.7 Å². The Kier molecular flexibility index (Phi) is 7.49. The number of halogens is 1. The van der Waals surface area contributed by atoms with Gasteiger partial charge >= 0.3 is 12.0 Å². The summed E-state index contributed by atoms with van der Waals surface area (Å²) in [5, 5.41) is 16.3. The number of carbonyl (C=O) groups is 4. The van der Waals surface area contributed by atoms with Crippen molar-refractivity contribution in [2.24, 2.45) is 13.0 Å². The van der Waals surface area contributed by atoms with E-state index >= 15 is 0 Å². The molecule has 2 aromatic carbocycles. The summed E-state index contributed by atoms with van der Waals surface area (Å²) < 4.78 is 15.3. The number of carbonyl (C=O) groups excluding carboxylic acids is 3. The fraction of sp³-hybridized carbons (Fsp3) is 0.406. The lowest BCUT2D eigenvalue weighted by Crippen LogP contribution is -2.48. The largest absolute Gasteiger partial charge is 0.481 e. The van der Waals surface area contributed by atoms with Crippen molar-refractivity contribution in [2.45, 2.75) is 63.1 Å². The number of hydrogen-bond acceptors (Lipinski definition) is 5. The van der Waals surface area contributed by atoms with Crippen molar-refractivity contribution >= 4 is 23.8 Å². The van der Waals surface area contributed by atoms with Crippen molar-refractivity contribution in [3.8, 4) is 11.1 Å². The van der Waals surface area contributed by atoms with E-state index in [1.807, 2.05) is 31.4 Å². The lowest BCUT2D eigenvalue weighted by Gasteiger charge is -2.37. The highest BCUT2D eigenvalue weighted by atomic mass is 19.1. The van der Waals surface area contributed by atoms with E-state index in [9.17, 15) is 28.7 Å². The first-order valence-corrected chi connectivity index (χ1v) is 14.6. The van der Waals surface area contributed by atoms with Crippen LogP contribution in [0.1, 0.15) is 55.2 Å². The van der Waals surface area contributed by atoms with Crippen LogP contribution in [0.2, 0.25) is 0 Å². The summed E-state index contributed by atoms with van der Waals surface area (Å²) >= 11 is 0. The maximum absolute atomic E-state index is 13.9. The van der Waals surface area contributed by atoms with E-state index in [0.29, 0.717) is 38.5 Å². The number of hydrogen-bond donors (Lipinski definition) is 2. The Balaban J connectivity index is 1.21. The van der Waals surface area contributed by atoms with Crippen LogP contribution in [0.3, 0.4) is 0 Å². The van der Waals surface area contributed by atoms with Gasteiger partial charge in [0.05, 0.1) is 6.20 Å². The third-order valence-electron chi connectivity index (χ3n) is 9.15. The molecule has 43 heavy (non-hydrogen) atoms. The molecular formula is C32H34FN5O5. The van der Waals surface area contributed by atoms with Crippen molar-refractivity contribution in [3.05, 3.63) is 77.4 Å². The molecular weight excluding hydrogens is 553 g/mol. The van der Waals surface area contributed by atoms with Crippen LogP contribution in [0.4, 0.5) is 9.18 Å². The fourth-order valence-electron chi connectivity index (χ4n) is 6.89. The van der Waals surface area contributed by atoms with Crippen LogP contribution in [-0.2, 0) is 39.9 Å². The molecule has 0 bridgehead atoms. The zero-order valence-corrected chi connectivity index (χ0v) is 24.0. The number of nitrogens with zero attached hydrogens (tertiary/aromatic N) is 4. The second kappa shape index (κ2) is 11.3. The molecule has 11 heteroatoms. The van der Waals surface area contributed by atoms with E-state index in [4.69, 9.17) is 0 Å². The lowest BCUT2D eigenvalue weighted by atomic mass is 9.83. The van der Waals surface area contributed by atoms with Gasteiger partial charge in [-0.3, -0.25) is 24.0 Å². The Morgan fingerprint density at radius 2 is 1.84 bits per heavy atom. The molecule has 1 spiro atoms. The van der Waals surface area contributed by atoms with E-state index in [-0.39, 0.29) is 36.6 Å². The predicted octanol–water partition coefficient (Wildman–Crippen LogP) is 3.98. The highest BCUT2D eigenvalue weighted by molar-refractivity contribution is 6.10. The molecule has 1 aromatic heterocycles. The molecule has 0 unspecified atom stereocenters. The standard InChI is InChI=1S/C32H34FN5O5/c1-36-18-24(16-34-36)22-6-11-27-23(15-22)12-13-32(27)30(42)38(31(43)35-32)19-28(39)37(17-21-2-7-25(33)8-3-21)26-9-4-20(5-10-26)14-29(40)41/h2-3,6-8,11,15-16,18,20,26H,4-5,9-10,12-14,17,19H2,1H3,(H,35,43)(H,40,41)/t20?,26?,32-/m0/s1. The number of carboxylic acids is 1. The van der Waals surface area contributed by atoms with Gasteiger partial charge in [0.15, 0.2) is 0 Å². The van der Waals surface area contributed by atoms with Crippen LogP contribution in [0, 0.1) is 11.7 Å². The number of carboxylic acid groups (broad SMARTS) is 1. The highest BCUT2D eigenvalue weighted by Gasteiger charge is 2.56. The summed E-state index contributed by atoms with van der Waals surface area (Å²) in [7, 11) is 1.85. The molecule has 2 N–H and O–H groups in total. The van der Waals surface area contributed by atoms with Crippen LogP contribution < -0.4 is 5.32 Å². The van der Waals surface area contributed by atoms with Crippen LogP contribution in [0.25, 0.3) is 11.1 Å². The van der Waals surface area contributed by atoms with Crippen molar-refractivity contribution in [1.29, 1.82) is 0 Å². The zero-order valence-electron chi connectivity index (χ0n) is 24.0. The Morgan fingerprint density at radius 1 is 1.09 bits per heavy atom. The molecule has 0 radical (unpaired) electrons. The van der Waals surface area contributed by atoms with Crippen molar-refractivity contribution in [2.75, 3.05) is 6.54 Å². The quantitative estimate of drug-likeness (QED) is 0.384. The summed E-state index contributed by atoms with van der Waals surface area (Å²) in [5.41, 5.74) is 3.16. The number of rotatable bonds is 8. The molecule has 2 fully saturated rings. The Morgan fingerprint density at radius 3 is 2.51 bits per heavy atom. The number of fused-ring (bicyclic) bond motifs is 2. The molecule has 1 saturated carbocycles. The topological polar surface area (TPSA) is 125 Å². The second-order valence-electron chi connectivity index (χ2n) is 11.9. The van der Waals surface area contributed by atoms with Gasteiger partial charge in [0.1, 0.15) is 17.9 Å². The average molecular weight is 588 g/mol. The Labute approximate surface area is 248 Å². The highest BCUT2D eigenvalue weighted by Crippen LogP contribution is 2.43. The van der Waals surface area contributed by atoms with Gasteiger partial charge in [0, 0.05) is 37.8 Å².